The molecule has 0 aromatic heterocycles. The summed E-state index contributed by atoms with van der Waals surface area (Å²) < 4.78 is 0. The minimum absolute atomic E-state index is 0.427. The molecule has 1 aromatic carbocycles. The van der Waals surface area contributed by atoms with Crippen molar-refractivity contribution in [3.8, 4) is 5.75 Å². The Hall–Kier alpha value is -1.10. The topological polar surface area (TPSA) is 38.7 Å². The molecule has 1 aromatic rings. The monoisotopic (exact) mass is 289 g/mol. The molecule has 21 heavy (non-hydrogen) atoms. The summed E-state index contributed by atoms with van der Waals surface area (Å²) in [5, 5.41) is 13.4. The first-order chi connectivity index (χ1) is 10.2. The van der Waals surface area contributed by atoms with E-state index in [2.05, 4.69) is 28.2 Å². The lowest BCUT2D eigenvalue weighted by Crippen LogP contribution is -2.42. The van der Waals surface area contributed by atoms with E-state index in [1.807, 2.05) is 12.1 Å². The van der Waals surface area contributed by atoms with E-state index in [4.69, 9.17) is 0 Å². The number of likely N-dealkylation sites (tertiary alicyclic amines) is 1. The molecule has 2 aliphatic rings. The average molecular weight is 289 g/mol. The summed E-state index contributed by atoms with van der Waals surface area (Å²) in [4.78, 5) is 4.85. The van der Waals surface area contributed by atoms with Crippen molar-refractivity contribution < 1.29 is 5.11 Å². The van der Waals surface area contributed by atoms with Crippen LogP contribution in [0.1, 0.15) is 29.9 Å². The van der Waals surface area contributed by atoms with Crippen LogP contribution in [-0.4, -0.2) is 61.2 Å². The predicted molar refractivity (Wildman–Crippen MR) is 85.7 cm³/mol. The zero-order chi connectivity index (χ0) is 14.7. The van der Waals surface area contributed by atoms with Crippen LogP contribution in [0.15, 0.2) is 18.2 Å². The van der Waals surface area contributed by atoms with Crippen molar-refractivity contribution in [2.24, 2.45) is 0 Å². The smallest absolute Gasteiger partial charge is 0.116 e. The van der Waals surface area contributed by atoms with E-state index in [0.717, 1.165) is 45.8 Å². The van der Waals surface area contributed by atoms with Crippen LogP contribution in [0.4, 0.5) is 0 Å². The van der Waals surface area contributed by atoms with E-state index >= 15 is 0 Å². The SMILES string of the molecule is CN1CCC(c2cc(O)cc(CN3CCNCC3)c2)CC1. The van der Waals surface area contributed by atoms with Gasteiger partial charge in [0.2, 0.25) is 0 Å². The van der Waals surface area contributed by atoms with Gasteiger partial charge in [0.15, 0.2) is 0 Å². The molecule has 0 saturated carbocycles. The molecule has 2 aliphatic heterocycles. The van der Waals surface area contributed by atoms with E-state index in [1.165, 1.54) is 24.0 Å². The molecule has 2 heterocycles. The van der Waals surface area contributed by atoms with Crippen molar-refractivity contribution in [3.05, 3.63) is 29.3 Å². The first-order valence-electron chi connectivity index (χ1n) is 8.15. The van der Waals surface area contributed by atoms with E-state index in [9.17, 15) is 5.11 Å². The molecule has 0 aliphatic carbocycles. The standard InChI is InChI=1S/C17H27N3O/c1-19-6-2-15(3-7-19)16-10-14(11-17(21)12-16)13-20-8-4-18-5-9-20/h10-12,15,18,21H,2-9,13H2,1H3. The lowest BCUT2D eigenvalue weighted by molar-refractivity contribution is 0.232. The lowest BCUT2D eigenvalue weighted by atomic mass is 9.88. The quantitative estimate of drug-likeness (QED) is 0.887. The first-order valence-corrected chi connectivity index (χ1v) is 8.15. The average Bonchev–Trinajstić information content (AvgIpc) is 2.48. The lowest BCUT2D eigenvalue weighted by Gasteiger charge is -2.30. The highest BCUT2D eigenvalue weighted by Crippen LogP contribution is 2.30. The number of hydrogen-bond donors (Lipinski definition) is 2. The third-order valence-electron chi connectivity index (χ3n) is 4.81. The molecule has 2 fully saturated rings. The van der Waals surface area contributed by atoms with Crippen LogP contribution >= 0.6 is 0 Å². The van der Waals surface area contributed by atoms with Gasteiger partial charge in [0.1, 0.15) is 5.75 Å². The van der Waals surface area contributed by atoms with Gasteiger partial charge in [-0.3, -0.25) is 4.90 Å². The number of piperidine rings is 1. The van der Waals surface area contributed by atoms with Crippen LogP contribution in [0.3, 0.4) is 0 Å². The maximum atomic E-state index is 10.1. The molecule has 0 radical (unpaired) electrons. The summed E-state index contributed by atoms with van der Waals surface area (Å²) in [5.41, 5.74) is 2.58. The van der Waals surface area contributed by atoms with Crippen molar-refractivity contribution in [2.45, 2.75) is 25.3 Å². The number of benzene rings is 1. The fourth-order valence-electron chi connectivity index (χ4n) is 3.50. The highest BCUT2D eigenvalue weighted by atomic mass is 16.3. The number of aromatic hydroxyl groups is 1. The van der Waals surface area contributed by atoms with Gasteiger partial charge in [0.05, 0.1) is 0 Å². The molecular weight excluding hydrogens is 262 g/mol. The molecule has 4 nitrogen and oxygen atoms in total. The van der Waals surface area contributed by atoms with Crippen molar-refractivity contribution >= 4 is 0 Å². The van der Waals surface area contributed by atoms with Crippen molar-refractivity contribution in [1.29, 1.82) is 0 Å². The van der Waals surface area contributed by atoms with E-state index in [-0.39, 0.29) is 0 Å². The van der Waals surface area contributed by atoms with Gasteiger partial charge in [0.25, 0.3) is 0 Å². The van der Waals surface area contributed by atoms with Gasteiger partial charge in [-0.2, -0.15) is 0 Å². The van der Waals surface area contributed by atoms with E-state index in [1.54, 1.807) is 0 Å². The fourth-order valence-corrected chi connectivity index (χ4v) is 3.50. The number of phenols is 1. The highest BCUT2D eigenvalue weighted by molar-refractivity contribution is 5.35. The van der Waals surface area contributed by atoms with Crippen LogP contribution in [0, 0.1) is 0 Å². The van der Waals surface area contributed by atoms with Gasteiger partial charge in [-0.25, -0.2) is 0 Å². The zero-order valence-electron chi connectivity index (χ0n) is 13.0. The third kappa shape index (κ3) is 3.96. The van der Waals surface area contributed by atoms with Crippen LogP contribution in [0.2, 0.25) is 0 Å². The summed E-state index contributed by atoms with van der Waals surface area (Å²) >= 11 is 0. The molecule has 0 amide bonds. The minimum Gasteiger partial charge on any atom is -0.508 e. The normalized spacial score (nSPS) is 22.5. The Morgan fingerprint density at radius 1 is 1.10 bits per heavy atom. The number of nitrogens with zero attached hydrogens (tertiary/aromatic N) is 2. The third-order valence-corrected chi connectivity index (χ3v) is 4.81. The summed E-state index contributed by atoms with van der Waals surface area (Å²) in [6, 6.07) is 6.22. The van der Waals surface area contributed by atoms with Gasteiger partial charge in [0, 0.05) is 32.7 Å². The number of phenolic OH excluding ortho intramolecular Hbond substituents is 1. The first kappa shape index (κ1) is 14.8. The van der Waals surface area contributed by atoms with E-state index < -0.39 is 0 Å². The summed E-state index contributed by atoms with van der Waals surface area (Å²) in [6.45, 7) is 7.61. The number of hydrogen-bond acceptors (Lipinski definition) is 4. The molecule has 0 spiro atoms. The van der Waals surface area contributed by atoms with Crippen LogP contribution in [-0.2, 0) is 6.54 Å². The van der Waals surface area contributed by atoms with Crippen LogP contribution < -0.4 is 5.32 Å². The van der Waals surface area contributed by atoms with Crippen LogP contribution in [0.5, 0.6) is 5.75 Å². The van der Waals surface area contributed by atoms with Gasteiger partial charge < -0.3 is 15.3 Å². The zero-order valence-corrected chi connectivity index (χ0v) is 13.0. The maximum Gasteiger partial charge on any atom is 0.116 e. The minimum atomic E-state index is 0.427. The van der Waals surface area contributed by atoms with Gasteiger partial charge in [-0.15, -0.1) is 0 Å². The maximum absolute atomic E-state index is 10.1. The summed E-state index contributed by atoms with van der Waals surface area (Å²) in [7, 11) is 2.19. The molecule has 0 atom stereocenters. The molecule has 4 heteroatoms. The molecule has 116 valence electrons. The number of rotatable bonds is 3. The van der Waals surface area contributed by atoms with Crippen LogP contribution in [0.25, 0.3) is 0 Å². The molecule has 2 N–H and O–H groups in total. The van der Waals surface area contributed by atoms with E-state index in [0.29, 0.717) is 11.7 Å². The van der Waals surface area contributed by atoms with Crippen molar-refractivity contribution in [3.63, 3.8) is 0 Å². The Morgan fingerprint density at radius 3 is 2.52 bits per heavy atom. The number of nitrogens with one attached hydrogen (secondary N) is 1. The molecule has 2 saturated heterocycles. The number of piperazine rings is 1. The van der Waals surface area contributed by atoms with Crippen molar-refractivity contribution in [2.75, 3.05) is 46.3 Å². The van der Waals surface area contributed by atoms with Gasteiger partial charge in [-0.1, -0.05) is 6.07 Å². The molecule has 0 bridgehead atoms. The Bertz CT molecular complexity index is 463. The second-order valence-electron chi connectivity index (χ2n) is 6.54. The highest BCUT2D eigenvalue weighted by Gasteiger charge is 2.19. The predicted octanol–water partition coefficient (Wildman–Crippen LogP) is 1.61. The second-order valence-corrected chi connectivity index (χ2v) is 6.54. The molecule has 3 rings (SSSR count). The Kier molecular flexibility index (Phi) is 4.78. The Morgan fingerprint density at radius 2 is 1.81 bits per heavy atom. The molecule has 0 unspecified atom stereocenters. The Labute approximate surface area is 127 Å². The summed E-state index contributed by atoms with van der Waals surface area (Å²) in [6.07, 6.45) is 2.40. The van der Waals surface area contributed by atoms with Gasteiger partial charge >= 0.3 is 0 Å². The van der Waals surface area contributed by atoms with Gasteiger partial charge in [-0.05, 0) is 62.2 Å². The summed E-state index contributed by atoms with van der Waals surface area (Å²) in [5.74, 6) is 1.03. The fraction of sp³-hybridized carbons (Fsp3) is 0.647. The second kappa shape index (κ2) is 6.77. The molecular formula is C17H27N3O. The van der Waals surface area contributed by atoms with Crippen molar-refractivity contribution in [1.82, 2.24) is 15.1 Å². The Balaban J connectivity index is 1.70. The largest absolute Gasteiger partial charge is 0.508 e.